The van der Waals surface area contributed by atoms with Gasteiger partial charge < -0.3 is 27.0 Å². The zero-order chi connectivity index (χ0) is 53.8. The maximum absolute atomic E-state index is 14.5. The normalized spacial score (nSPS) is 22.4. The molecule has 0 spiro atoms. The van der Waals surface area contributed by atoms with Gasteiger partial charge in [-0.2, -0.15) is 15.5 Å². The first kappa shape index (κ1) is 52.4. The highest BCUT2D eigenvalue weighted by atomic mass is 19.1. The monoisotopic (exact) mass is 1040 g/mol. The van der Waals surface area contributed by atoms with E-state index in [0.29, 0.717) is 35.6 Å². The van der Waals surface area contributed by atoms with Gasteiger partial charge in [0.15, 0.2) is 23.3 Å². The zero-order valence-electron chi connectivity index (χ0n) is 42.2. The van der Waals surface area contributed by atoms with Gasteiger partial charge in [-0.3, -0.25) is 34.1 Å². The number of nitrogens with one attached hydrogen (secondary N) is 5. The van der Waals surface area contributed by atoms with Gasteiger partial charge >= 0.3 is 0 Å². The molecule has 0 atom stereocenters. The number of ketones is 2. The Morgan fingerprint density at radius 3 is 1.68 bits per heavy atom. The standard InChI is InChI=1S/C28H30FN9O3.C26H28FN5O3/c1-17(39)28-8-5-27(6-9-28,7-10-28)15-33-25(41)22-12-21(37-23-20(29)14-35-38(22)23)24(40)32-13-18-3-2-4-19(11-18)36-26(31)34-16-30;1-17(33)26-9-6-25(7-10-26,8-11-26)16-29-24(35)21-14-20(31-22-5-12-30-32(21)22)23(34)28-15-18-3-2-4-19(27)13-18/h2-4,11-12,14H,5-10,13,15H2,1H3,(H,32,40)(H,33,41)(H3,31,34,36);2-5,12-14H,6-11,15-16H2,1H3,(H,28,34)(H,29,35). The molecular formula is C54H58F2N14O6. The van der Waals surface area contributed by atoms with Gasteiger partial charge in [0.2, 0.25) is 5.96 Å². The molecule has 4 heterocycles. The maximum atomic E-state index is 14.5. The number of hydrogen-bond donors (Lipinski definition) is 6. The van der Waals surface area contributed by atoms with Crippen molar-refractivity contribution in [1.82, 2.24) is 55.8 Å². The summed E-state index contributed by atoms with van der Waals surface area (Å²) in [5.41, 5.74) is 7.23. The second-order valence-corrected chi connectivity index (χ2v) is 20.8. The van der Waals surface area contributed by atoms with Crippen molar-refractivity contribution >= 4 is 58.1 Å². The number of amides is 4. The summed E-state index contributed by atoms with van der Waals surface area (Å²) in [7, 11) is 0. The van der Waals surface area contributed by atoms with Crippen LogP contribution >= 0.6 is 0 Å². The number of nitriles is 1. The van der Waals surface area contributed by atoms with Crippen molar-refractivity contribution in [3.63, 3.8) is 0 Å². The van der Waals surface area contributed by atoms with Crippen LogP contribution in [0, 0.1) is 44.7 Å². The predicted octanol–water partition coefficient (Wildman–Crippen LogP) is 5.93. The molecule has 20 nitrogen and oxygen atoms in total. The molecule has 2 aromatic carbocycles. The Morgan fingerprint density at radius 2 is 1.16 bits per heavy atom. The summed E-state index contributed by atoms with van der Waals surface area (Å²) in [6.45, 7) is 4.53. The number of benzene rings is 2. The third kappa shape index (κ3) is 11.0. The van der Waals surface area contributed by atoms with Crippen molar-refractivity contribution in [1.29, 1.82) is 5.26 Å². The van der Waals surface area contributed by atoms with Crippen LogP contribution < -0.4 is 32.3 Å². The Labute approximate surface area is 435 Å². The highest BCUT2D eigenvalue weighted by Gasteiger charge is 2.52. The van der Waals surface area contributed by atoms with Crippen molar-refractivity contribution in [2.45, 2.75) is 104 Å². The minimum atomic E-state index is -0.762. The average Bonchev–Trinajstić information content (AvgIpc) is 4.08. The number of Topliss-reactive ketones (excluding diaryl/α,β-unsaturated/α-hetero) is 2. The van der Waals surface area contributed by atoms with E-state index >= 15 is 0 Å². The molecular weight excluding hydrogens is 979 g/mol. The minimum Gasteiger partial charge on any atom is -0.369 e. The highest BCUT2D eigenvalue weighted by molar-refractivity contribution is 5.99. The molecule has 6 saturated carbocycles. The molecule has 76 heavy (non-hydrogen) atoms. The van der Waals surface area contributed by atoms with E-state index in [-0.39, 0.29) is 92.4 Å². The number of rotatable bonds is 15. The van der Waals surface area contributed by atoms with E-state index in [1.807, 2.05) is 0 Å². The maximum Gasteiger partial charge on any atom is 0.270 e. The first-order valence-electron chi connectivity index (χ1n) is 25.3. The Bertz CT molecular complexity index is 3310. The van der Waals surface area contributed by atoms with Crippen molar-refractivity contribution in [2.24, 2.45) is 32.4 Å². The van der Waals surface area contributed by atoms with Crippen LogP contribution in [0.4, 0.5) is 14.5 Å². The van der Waals surface area contributed by atoms with Crippen LogP contribution in [-0.2, 0) is 22.7 Å². The van der Waals surface area contributed by atoms with Gasteiger partial charge in [0.1, 0.15) is 40.2 Å². The van der Waals surface area contributed by atoms with Crippen LogP contribution in [0.5, 0.6) is 0 Å². The number of fused-ring (bicyclic) bond motifs is 8. The molecule has 4 bridgehead atoms. The fraction of sp³-hybridized carbons (Fsp3) is 0.407. The van der Waals surface area contributed by atoms with Crippen molar-refractivity contribution < 1.29 is 37.5 Å². The topological polar surface area (TPSA) is 285 Å². The number of carbonyl (C=O) groups excluding carboxylic acids is 6. The lowest BCUT2D eigenvalue weighted by Crippen LogP contribution is -2.49. The smallest absolute Gasteiger partial charge is 0.270 e. The molecule has 0 unspecified atom stereocenters. The Balaban J connectivity index is 0.000000188. The second-order valence-electron chi connectivity index (χ2n) is 20.8. The lowest BCUT2D eigenvalue weighted by Gasteiger charge is -2.52. The van der Waals surface area contributed by atoms with Crippen LogP contribution in [0.15, 0.2) is 84.1 Å². The van der Waals surface area contributed by atoms with Gasteiger partial charge in [0.05, 0.1) is 18.1 Å². The quantitative estimate of drug-likeness (QED) is 0.0301. The van der Waals surface area contributed by atoms with Gasteiger partial charge in [-0.05, 0) is 137 Å². The summed E-state index contributed by atoms with van der Waals surface area (Å²) < 4.78 is 30.4. The molecule has 4 aromatic heterocycles. The van der Waals surface area contributed by atoms with Crippen molar-refractivity contribution in [3.05, 3.63) is 125 Å². The van der Waals surface area contributed by atoms with Crippen LogP contribution in [-0.4, -0.2) is 83.4 Å². The van der Waals surface area contributed by atoms with Crippen LogP contribution in [0.1, 0.15) is 144 Å². The van der Waals surface area contributed by atoms with E-state index in [1.54, 1.807) is 62.5 Å². The molecule has 6 aliphatic carbocycles. The fourth-order valence-corrected chi connectivity index (χ4v) is 11.4. The molecule has 0 aliphatic heterocycles. The molecule has 4 amide bonds. The SMILES string of the molecule is CC(=O)C12CCC(CNC(=O)c3cc(C(=O)NCc4cccc(F)c4)nc4ccnn34)(CC1)CC2.CC(=O)C12CCC(CNC(=O)c3cc(C(=O)NCc4cccc(N=C(N)NC#N)c4)nc4c(F)cnn34)(CC1)CC2. The third-order valence-electron chi connectivity index (χ3n) is 16.4. The Kier molecular flexibility index (Phi) is 14.7. The van der Waals surface area contributed by atoms with E-state index in [4.69, 9.17) is 11.0 Å². The summed E-state index contributed by atoms with van der Waals surface area (Å²) in [5.74, 6) is -2.58. The molecule has 0 saturated heterocycles. The third-order valence-corrected chi connectivity index (χ3v) is 16.4. The van der Waals surface area contributed by atoms with E-state index < -0.39 is 23.5 Å². The number of aromatic nitrogens is 6. The lowest BCUT2D eigenvalue weighted by atomic mass is 9.52. The van der Waals surface area contributed by atoms with E-state index in [1.165, 1.54) is 35.0 Å². The van der Waals surface area contributed by atoms with Gasteiger partial charge in [0.25, 0.3) is 23.6 Å². The van der Waals surface area contributed by atoms with Gasteiger partial charge in [-0.15, -0.1) is 0 Å². The van der Waals surface area contributed by atoms with Gasteiger partial charge in [-0.25, -0.2) is 32.8 Å². The molecule has 0 radical (unpaired) electrons. The van der Waals surface area contributed by atoms with Gasteiger partial charge in [0, 0.05) is 55.2 Å². The molecule has 6 fully saturated rings. The number of nitrogens with two attached hydrogens (primary N) is 1. The van der Waals surface area contributed by atoms with Crippen molar-refractivity contribution in [2.75, 3.05) is 13.1 Å². The highest BCUT2D eigenvalue weighted by Crippen LogP contribution is 2.58. The zero-order valence-corrected chi connectivity index (χ0v) is 42.2. The number of nitrogens with zero attached hydrogens (tertiary/aromatic N) is 8. The van der Waals surface area contributed by atoms with Crippen LogP contribution in [0.2, 0.25) is 0 Å². The Hall–Kier alpha value is -8.48. The molecule has 394 valence electrons. The summed E-state index contributed by atoms with van der Waals surface area (Å²) in [5, 5.41) is 30.5. The molecule has 7 N–H and O–H groups in total. The predicted molar refractivity (Wildman–Crippen MR) is 272 cm³/mol. The molecule has 22 heteroatoms. The summed E-state index contributed by atoms with van der Waals surface area (Å²) in [6.07, 6.45) is 14.6. The molecule has 6 aromatic rings. The number of hydrogen-bond acceptors (Lipinski definition) is 12. The lowest BCUT2D eigenvalue weighted by molar-refractivity contribution is -0.136. The fourth-order valence-electron chi connectivity index (χ4n) is 11.4. The van der Waals surface area contributed by atoms with E-state index in [0.717, 1.165) is 87.8 Å². The minimum absolute atomic E-state index is 0.00822. The van der Waals surface area contributed by atoms with E-state index in [9.17, 15) is 37.5 Å². The van der Waals surface area contributed by atoms with Crippen LogP contribution in [0.3, 0.4) is 0 Å². The van der Waals surface area contributed by atoms with Crippen molar-refractivity contribution in [3.8, 4) is 6.19 Å². The molecule has 6 aliphatic rings. The summed E-state index contributed by atoms with van der Waals surface area (Å²) in [6, 6.07) is 17.2. The van der Waals surface area contributed by atoms with E-state index in [2.05, 4.69) is 51.7 Å². The average molecular weight is 1040 g/mol. The van der Waals surface area contributed by atoms with Gasteiger partial charge in [-0.1, -0.05) is 24.3 Å². The summed E-state index contributed by atoms with van der Waals surface area (Å²) >= 11 is 0. The number of carbonyl (C=O) groups is 6. The first-order valence-corrected chi connectivity index (χ1v) is 25.3. The Morgan fingerprint density at radius 1 is 0.645 bits per heavy atom. The second kappa shape index (κ2) is 21.4. The first-order chi connectivity index (χ1) is 36.4. The molecule has 12 rings (SSSR count). The van der Waals surface area contributed by atoms with Crippen LogP contribution in [0.25, 0.3) is 11.3 Å². The number of aliphatic imine (C=N–C) groups is 1. The summed E-state index contributed by atoms with van der Waals surface area (Å²) in [4.78, 5) is 89.1. The number of guanidine groups is 1. The largest absolute Gasteiger partial charge is 0.369 e. The number of halogens is 2.